The fraction of sp³-hybridized carbons (Fsp3) is 0.0847. The highest BCUT2D eigenvalue weighted by molar-refractivity contribution is 7.26. The second-order valence-electron chi connectivity index (χ2n) is 16.7. The van der Waals surface area contributed by atoms with Crippen molar-refractivity contribution in [1.29, 1.82) is 0 Å². The van der Waals surface area contributed by atoms with Gasteiger partial charge in [-0.25, -0.2) is 0 Å². The van der Waals surface area contributed by atoms with Crippen LogP contribution in [0.2, 0.25) is 0 Å². The van der Waals surface area contributed by atoms with Gasteiger partial charge in [-0.2, -0.15) is 0 Å². The highest BCUT2D eigenvalue weighted by Gasteiger charge is 2.22. The zero-order chi connectivity index (χ0) is 41.3. The molecular weight excluding hydrogens is 771 g/mol. The zero-order valence-corrected chi connectivity index (χ0v) is 35.5. The third-order valence-corrected chi connectivity index (χ3v) is 14.4. The first-order valence-electron chi connectivity index (χ1n) is 21.8. The van der Waals surface area contributed by atoms with E-state index in [1.54, 1.807) is 0 Å². The van der Waals surface area contributed by atoms with E-state index in [4.69, 9.17) is 4.42 Å². The molecule has 0 amide bonds. The Morgan fingerprint density at radius 1 is 0.516 bits per heavy atom. The van der Waals surface area contributed by atoms with Gasteiger partial charge in [0.05, 0.1) is 11.0 Å². The maximum absolute atomic E-state index is 6.66. The van der Waals surface area contributed by atoms with Gasteiger partial charge in [-0.3, -0.25) is 0 Å². The Labute approximate surface area is 364 Å². The summed E-state index contributed by atoms with van der Waals surface area (Å²) < 4.78 is 11.7. The summed E-state index contributed by atoms with van der Waals surface area (Å²) in [6, 6.07) is 71.3. The van der Waals surface area contributed by atoms with Gasteiger partial charge in [0.1, 0.15) is 11.2 Å². The number of aryl methyl sites for hydroxylation is 1. The minimum Gasteiger partial charge on any atom is -0.455 e. The van der Waals surface area contributed by atoms with E-state index in [0.717, 1.165) is 40.3 Å². The monoisotopic (exact) mass is 813 g/mol. The van der Waals surface area contributed by atoms with Gasteiger partial charge >= 0.3 is 0 Å². The Bertz CT molecular complexity index is 3680. The number of furan rings is 1. The van der Waals surface area contributed by atoms with E-state index in [-0.39, 0.29) is 0 Å². The van der Waals surface area contributed by atoms with E-state index in [1.807, 2.05) is 11.3 Å². The van der Waals surface area contributed by atoms with E-state index < -0.39 is 0 Å². The van der Waals surface area contributed by atoms with Crippen molar-refractivity contribution in [3.05, 3.63) is 211 Å². The number of aromatic nitrogens is 1. The topological polar surface area (TPSA) is 18.1 Å². The van der Waals surface area contributed by atoms with E-state index >= 15 is 0 Å². The molecule has 12 aromatic rings. The van der Waals surface area contributed by atoms with Crippen LogP contribution in [0.1, 0.15) is 36.0 Å². The largest absolute Gasteiger partial charge is 0.455 e. The predicted molar refractivity (Wildman–Crippen MR) is 265 cm³/mol. The molecule has 0 aliphatic rings. The smallest absolute Gasteiger partial charge is 0.143 e. The number of benzene rings is 9. The first-order chi connectivity index (χ1) is 30.6. The molecular formula is C59H43NOS. The predicted octanol–water partition coefficient (Wildman–Crippen LogP) is 17.1. The lowest BCUT2D eigenvalue weighted by Crippen LogP contribution is -2.04. The van der Waals surface area contributed by atoms with Gasteiger partial charge < -0.3 is 8.98 Å². The van der Waals surface area contributed by atoms with E-state index in [9.17, 15) is 0 Å². The number of hydrogen-bond acceptors (Lipinski definition) is 2. The SMILES string of the molecule is CCC(Cc1ccccc1-c1ccc(-c2cccc3c2c2ccccc2n3-c2ccccc2)cc1C)c1cc(-c2cccc3c2oc2ccccc23)c2sc3ccccc3c2c1. The normalized spacial score (nSPS) is 12.4. The molecule has 296 valence electrons. The molecule has 0 aliphatic carbocycles. The summed E-state index contributed by atoms with van der Waals surface area (Å²) in [5, 5.41) is 7.52. The average Bonchev–Trinajstić information content (AvgIpc) is 4.01. The summed E-state index contributed by atoms with van der Waals surface area (Å²) in [4.78, 5) is 0. The second kappa shape index (κ2) is 14.8. The maximum atomic E-state index is 6.66. The third-order valence-electron chi connectivity index (χ3n) is 13.2. The fourth-order valence-electron chi connectivity index (χ4n) is 10.2. The van der Waals surface area contributed by atoms with Crippen molar-refractivity contribution < 1.29 is 4.42 Å². The third kappa shape index (κ3) is 5.84. The van der Waals surface area contributed by atoms with Crippen molar-refractivity contribution in [2.24, 2.45) is 0 Å². The molecule has 1 unspecified atom stereocenters. The molecule has 0 saturated heterocycles. The Kier molecular flexibility index (Phi) is 8.72. The summed E-state index contributed by atoms with van der Waals surface area (Å²) >= 11 is 1.89. The van der Waals surface area contributed by atoms with Crippen LogP contribution in [0.4, 0.5) is 0 Å². The minimum atomic E-state index is 0.312. The lowest BCUT2D eigenvalue weighted by molar-refractivity contribution is 0.661. The maximum Gasteiger partial charge on any atom is 0.143 e. The van der Waals surface area contributed by atoms with Gasteiger partial charge in [-0.15, -0.1) is 11.3 Å². The molecule has 12 rings (SSSR count). The first kappa shape index (κ1) is 36.6. The Hall–Kier alpha value is -7.20. The van der Waals surface area contributed by atoms with Crippen LogP contribution in [0, 0.1) is 6.92 Å². The van der Waals surface area contributed by atoms with Gasteiger partial charge in [0.15, 0.2) is 0 Å². The first-order valence-corrected chi connectivity index (χ1v) is 22.6. The summed E-state index contributed by atoms with van der Waals surface area (Å²) in [7, 11) is 0. The molecule has 0 radical (unpaired) electrons. The van der Waals surface area contributed by atoms with Crippen LogP contribution in [0.25, 0.3) is 103 Å². The molecule has 3 heterocycles. The number of nitrogens with zero attached hydrogens (tertiary/aromatic N) is 1. The van der Waals surface area contributed by atoms with Crippen molar-refractivity contribution >= 4 is 75.3 Å². The highest BCUT2D eigenvalue weighted by Crippen LogP contribution is 2.46. The lowest BCUT2D eigenvalue weighted by atomic mass is 9.84. The molecule has 2 nitrogen and oxygen atoms in total. The number of rotatable bonds is 8. The van der Waals surface area contributed by atoms with Gasteiger partial charge in [0, 0.05) is 58.5 Å². The molecule has 0 fully saturated rings. The number of fused-ring (bicyclic) bond motifs is 9. The molecule has 3 heteroatoms. The van der Waals surface area contributed by atoms with Crippen LogP contribution < -0.4 is 0 Å². The number of para-hydroxylation sites is 4. The average molecular weight is 814 g/mol. The molecule has 0 aliphatic heterocycles. The lowest BCUT2D eigenvalue weighted by Gasteiger charge is -2.21. The molecule has 3 aromatic heterocycles. The van der Waals surface area contributed by atoms with E-state index in [0.29, 0.717) is 5.92 Å². The number of hydrogen-bond donors (Lipinski definition) is 0. The molecule has 0 spiro atoms. The van der Waals surface area contributed by atoms with Crippen molar-refractivity contribution in [2.45, 2.75) is 32.6 Å². The highest BCUT2D eigenvalue weighted by atomic mass is 32.1. The van der Waals surface area contributed by atoms with Gasteiger partial charge in [0.2, 0.25) is 0 Å². The van der Waals surface area contributed by atoms with E-state index in [2.05, 4.69) is 213 Å². The van der Waals surface area contributed by atoms with Crippen molar-refractivity contribution in [3.8, 4) is 39.1 Å². The summed E-state index contributed by atoms with van der Waals surface area (Å²) in [5.41, 5.74) is 17.0. The molecule has 62 heavy (non-hydrogen) atoms. The van der Waals surface area contributed by atoms with Crippen LogP contribution in [-0.4, -0.2) is 4.57 Å². The molecule has 0 N–H and O–H groups in total. The molecule has 0 saturated carbocycles. The Morgan fingerprint density at radius 3 is 2.08 bits per heavy atom. The summed E-state index contributed by atoms with van der Waals surface area (Å²) in [5.74, 6) is 0.312. The summed E-state index contributed by atoms with van der Waals surface area (Å²) in [6.45, 7) is 4.62. The van der Waals surface area contributed by atoms with E-state index in [1.165, 1.54) is 92.2 Å². The Balaban J connectivity index is 0.954. The van der Waals surface area contributed by atoms with Crippen LogP contribution in [-0.2, 0) is 6.42 Å². The minimum absolute atomic E-state index is 0.312. The molecule has 9 aromatic carbocycles. The van der Waals surface area contributed by atoms with Crippen LogP contribution >= 0.6 is 11.3 Å². The Morgan fingerprint density at radius 2 is 1.21 bits per heavy atom. The van der Waals surface area contributed by atoms with Gasteiger partial charge in [-0.05, 0) is 113 Å². The van der Waals surface area contributed by atoms with Gasteiger partial charge in [0.25, 0.3) is 0 Å². The zero-order valence-electron chi connectivity index (χ0n) is 34.7. The number of thiophene rings is 1. The fourth-order valence-corrected chi connectivity index (χ4v) is 11.4. The van der Waals surface area contributed by atoms with Crippen LogP contribution in [0.5, 0.6) is 0 Å². The molecule has 0 bridgehead atoms. The van der Waals surface area contributed by atoms with Crippen molar-refractivity contribution in [3.63, 3.8) is 0 Å². The second-order valence-corrected chi connectivity index (χ2v) is 17.8. The standard InChI is InChI=1S/C59H43NOS/c1-3-38(41-35-51-47-22-11-14-30-56(47)62-59(51)52(36-41)49-26-15-25-48-46-21-10-13-29-55(46)61-58(48)49)34-39-17-7-8-20-44(39)43-32-31-40(33-37(43)2)45-24-16-28-54-57(45)50-23-9-12-27-53(50)60(54)42-18-5-4-6-19-42/h4-33,35-36,38H,3,34H2,1-2H3. The van der Waals surface area contributed by atoms with Crippen molar-refractivity contribution in [1.82, 2.24) is 4.57 Å². The molecule has 1 atom stereocenters. The van der Waals surface area contributed by atoms with Crippen LogP contribution in [0.3, 0.4) is 0 Å². The summed E-state index contributed by atoms with van der Waals surface area (Å²) in [6.07, 6.45) is 1.96. The van der Waals surface area contributed by atoms with Gasteiger partial charge in [-0.1, -0.05) is 153 Å². The quantitative estimate of drug-likeness (QED) is 0.149. The van der Waals surface area contributed by atoms with Crippen molar-refractivity contribution in [2.75, 3.05) is 0 Å². The van der Waals surface area contributed by atoms with Crippen LogP contribution in [0.15, 0.2) is 199 Å².